The van der Waals surface area contributed by atoms with Crippen molar-refractivity contribution in [2.45, 2.75) is 57.4 Å². The van der Waals surface area contributed by atoms with Crippen molar-refractivity contribution in [1.29, 1.82) is 0 Å². The molecule has 0 N–H and O–H groups in total. The number of hydrogen-bond donors (Lipinski definition) is 0. The second-order valence-electron chi connectivity index (χ2n) is 8.81. The summed E-state index contributed by atoms with van der Waals surface area (Å²) in [7, 11) is -1.96. The summed E-state index contributed by atoms with van der Waals surface area (Å²) in [5.74, 6) is 2.28. The van der Waals surface area contributed by atoms with E-state index in [1.165, 1.54) is 6.42 Å². The van der Waals surface area contributed by atoms with Gasteiger partial charge in [0.1, 0.15) is 5.75 Å². The van der Waals surface area contributed by atoms with Crippen molar-refractivity contribution >= 4 is 10.0 Å². The van der Waals surface area contributed by atoms with Crippen LogP contribution in [0.2, 0.25) is 0 Å². The Bertz CT molecular complexity index is 802. The van der Waals surface area contributed by atoms with Gasteiger partial charge in [-0.05, 0) is 94.3 Å². The van der Waals surface area contributed by atoms with Crippen LogP contribution in [-0.2, 0) is 10.0 Å². The molecule has 0 aromatic heterocycles. The molecule has 6 heteroatoms. The van der Waals surface area contributed by atoms with Crippen molar-refractivity contribution in [1.82, 2.24) is 9.21 Å². The summed E-state index contributed by atoms with van der Waals surface area (Å²) >= 11 is 0. The van der Waals surface area contributed by atoms with Crippen molar-refractivity contribution in [2.75, 3.05) is 33.3 Å². The zero-order valence-electron chi connectivity index (χ0n) is 19.0. The van der Waals surface area contributed by atoms with Crippen LogP contribution in [0.25, 0.3) is 0 Å². The third-order valence-corrected chi connectivity index (χ3v) is 8.97. The summed E-state index contributed by atoms with van der Waals surface area (Å²) in [4.78, 5) is 2.76. The molecule has 0 spiro atoms. The summed E-state index contributed by atoms with van der Waals surface area (Å²) in [6.07, 6.45) is 8.81. The molecule has 3 rings (SSSR count). The highest BCUT2D eigenvalue weighted by Crippen LogP contribution is 2.44. The lowest BCUT2D eigenvalue weighted by Crippen LogP contribution is -2.42. The Morgan fingerprint density at radius 3 is 2.33 bits per heavy atom. The van der Waals surface area contributed by atoms with Crippen LogP contribution < -0.4 is 4.74 Å². The van der Waals surface area contributed by atoms with Gasteiger partial charge in [0.25, 0.3) is 0 Å². The molecular weight excluding hydrogens is 396 g/mol. The molecule has 4 atom stereocenters. The molecule has 168 valence electrons. The van der Waals surface area contributed by atoms with E-state index in [0.717, 1.165) is 38.9 Å². The van der Waals surface area contributed by atoms with E-state index in [9.17, 15) is 8.42 Å². The predicted octanol–water partition coefficient (Wildman–Crippen LogP) is 4.41. The highest BCUT2D eigenvalue weighted by molar-refractivity contribution is 7.89. The third-order valence-electron chi connectivity index (χ3n) is 6.98. The number of methoxy groups -OCH3 is 1. The van der Waals surface area contributed by atoms with Crippen LogP contribution in [0.1, 0.15) is 46.5 Å². The smallest absolute Gasteiger partial charge is 0.243 e. The standard InChI is InChI=1S/C24H38N2O3S/c1-5-25(6-2)15-7-8-19(3)26(18-22-17-20-9-10-21(22)16-20)30(27,28)24-13-11-23(29-4)12-14-24/h9-14,19-22H,5-8,15-18H2,1-4H3. The summed E-state index contributed by atoms with van der Waals surface area (Å²) < 4.78 is 34.3. The lowest BCUT2D eigenvalue weighted by atomic mass is 9.93. The van der Waals surface area contributed by atoms with Gasteiger partial charge in [-0.25, -0.2) is 8.42 Å². The van der Waals surface area contributed by atoms with E-state index in [1.807, 2.05) is 0 Å². The molecular formula is C24H38N2O3S. The van der Waals surface area contributed by atoms with Crippen LogP contribution >= 0.6 is 0 Å². The average Bonchev–Trinajstić information content (AvgIpc) is 3.38. The normalized spacial score (nSPS) is 24.1. The van der Waals surface area contributed by atoms with Gasteiger partial charge in [-0.3, -0.25) is 0 Å². The first-order valence-corrected chi connectivity index (χ1v) is 12.9. The quantitative estimate of drug-likeness (QED) is 0.457. The molecule has 30 heavy (non-hydrogen) atoms. The van der Waals surface area contributed by atoms with Gasteiger partial charge in [0, 0.05) is 12.6 Å². The van der Waals surface area contributed by atoms with Crippen molar-refractivity contribution in [3.63, 3.8) is 0 Å². The number of allylic oxidation sites excluding steroid dienone is 2. The number of benzene rings is 1. The molecule has 5 nitrogen and oxygen atoms in total. The highest BCUT2D eigenvalue weighted by atomic mass is 32.2. The average molecular weight is 435 g/mol. The number of rotatable bonds is 12. The molecule has 2 aliphatic carbocycles. The summed E-state index contributed by atoms with van der Waals surface area (Å²) in [5, 5.41) is 0. The molecule has 1 fully saturated rings. The first-order chi connectivity index (χ1) is 14.4. The largest absolute Gasteiger partial charge is 0.497 e. The fourth-order valence-electron chi connectivity index (χ4n) is 5.03. The van der Waals surface area contributed by atoms with Crippen LogP contribution in [-0.4, -0.2) is 57.0 Å². The Morgan fingerprint density at radius 1 is 1.10 bits per heavy atom. The Kier molecular flexibility index (Phi) is 7.99. The van der Waals surface area contributed by atoms with E-state index in [0.29, 0.717) is 34.9 Å². The summed E-state index contributed by atoms with van der Waals surface area (Å²) in [6, 6.07) is 6.79. The van der Waals surface area contributed by atoms with Crippen molar-refractivity contribution < 1.29 is 13.2 Å². The van der Waals surface area contributed by atoms with E-state index >= 15 is 0 Å². The van der Waals surface area contributed by atoms with Gasteiger partial charge in [-0.1, -0.05) is 26.0 Å². The van der Waals surface area contributed by atoms with Crippen LogP contribution in [0.4, 0.5) is 0 Å². The minimum Gasteiger partial charge on any atom is -0.497 e. The number of hydrogen-bond acceptors (Lipinski definition) is 4. The first kappa shape index (κ1) is 23.3. The fourth-order valence-corrected chi connectivity index (χ4v) is 6.75. The maximum Gasteiger partial charge on any atom is 0.243 e. The Morgan fingerprint density at radius 2 is 1.80 bits per heavy atom. The van der Waals surface area contributed by atoms with Crippen LogP contribution in [0.3, 0.4) is 0 Å². The summed E-state index contributed by atoms with van der Waals surface area (Å²) in [6.45, 7) is 10.1. The molecule has 1 saturated carbocycles. The lowest BCUT2D eigenvalue weighted by molar-refractivity contribution is 0.239. The van der Waals surface area contributed by atoms with Crippen molar-refractivity contribution in [3.8, 4) is 5.75 Å². The third kappa shape index (κ3) is 5.27. The maximum atomic E-state index is 13.6. The van der Waals surface area contributed by atoms with Gasteiger partial charge >= 0.3 is 0 Å². The number of ether oxygens (including phenoxy) is 1. The number of fused-ring (bicyclic) bond motifs is 2. The molecule has 4 unspecified atom stereocenters. The van der Waals surface area contributed by atoms with Crippen molar-refractivity contribution in [2.24, 2.45) is 17.8 Å². The predicted molar refractivity (Wildman–Crippen MR) is 122 cm³/mol. The van der Waals surface area contributed by atoms with E-state index in [4.69, 9.17) is 4.74 Å². The topological polar surface area (TPSA) is 49.9 Å². The fraction of sp³-hybridized carbons (Fsp3) is 0.667. The molecule has 1 aromatic carbocycles. The molecule has 0 saturated heterocycles. The highest BCUT2D eigenvalue weighted by Gasteiger charge is 2.40. The second kappa shape index (κ2) is 10.3. The Labute approximate surface area is 183 Å². The maximum absolute atomic E-state index is 13.6. The Hall–Kier alpha value is -1.37. The monoisotopic (exact) mass is 434 g/mol. The van der Waals surface area contributed by atoms with E-state index in [-0.39, 0.29) is 6.04 Å². The van der Waals surface area contributed by atoms with Crippen LogP contribution in [0, 0.1) is 17.8 Å². The molecule has 2 aliphatic rings. The van der Waals surface area contributed by atoms with E-state index in [1.54, 1.807) is 35.7 Å². The Balaban J connectivity index is 1.76. The first-order valence-electron chi connectivity index (χ1n) is 11.5. The van der Waals surface area contributed by atoms with E-state index in [2.05, 4.69) is 37.8 Å². The SMILES string of the molecule is CCN(CC)CCCC(C)N(CC1CC2C=CC1C2)S(=O)(=O)c1ccc(OC)cc1. The second-order valence-corrected chi connectivity index (χ2v) is 10.7. The molecule has 2 bridgehead atoms. The lowest BCUT2D eigenvalue weighted by Gasteiger charge is -2.33. The van der Waals surface area contributed by atoms with Gasteiger partial charge in [0.2, 0.25) is 10.0 Å². The van der Waals surface area contributed by atoms with Gasteiger partial charge in [0.15, 0.2) is 0 Å². The summed E-state index contributed by atoms with van der Waals surface area (Å²) in [5.41, 5.74) is 0. The van der Waals surface area contributed by atoms with Crippen LogP contribution in [0.15, 0.2) is 41.3 Å². The number of nitrogens with zero attached hydrogens (tertiary/aromatic N) is 2. The zero-order chi connectivity index (χ0) is 21.7. The van der Waals surface area contributed by atoms with Gasteiger partial charge in [0.05, 0.1) is 12.0 Å². The molecule has 0 aliphatic heterocycles. The zero-order valence-corrected chi connectivity index (χ0v) is 19.8. The molecule has 0 heterocycles. The minimum atomic E-state index is -3.55. The molecule has 0 radical (unpaired) electrons. The van der Waals surface area contributed by atoms with Gasteiger partial charge in [-0.2, -0.15) is 4.31 Å². The van der Waals surface area contributed by atoms with Crippen molar-refractivity contribution in [3.05, 3.63) is 36.4 Å². The van der Waals surface area contributed by atoms with Gasteiger partial charge < -0.3 is 9.64 Å². The van der Waals surface area contributed by atoms with Crippen LogP contribution in [0.5, 0.6) is 5.75 Å². The molecule has 0 amide bonds. The van der Waals surface area contributed by atoms with E-state index < -0.39 is 10.0 Å². The number of sulfonamides is 1. The van der Waals surface area contributed by atoms with Gasteiger partial charge in [-0.15, -0.1) is 0 Å². The minimum absolute atomic E-state index is 0.0178. The molecule has 1 aromatic rings.